The maximum atomic E-state index is 5.86. The zero-order valence-electron chi connectivity index (χ0n) is 12.4. The van der Waals surface area contributed by atoms with Crippen LogP contribution in [-0.4, -0.2) is 57.0 Å². The summed E-state index contributed by atoms with van der Waals surface area (Å²) in [6.07, 6.45) is 3.64. The zero-order valence-corrected chi connectivity index (χ0v) is 12.4. The van der Waals surface area contributed by atoms with Gasteiger partial charge in [-0.1, -0.05) is 0 Å². The lowest BCUT2D eigenvalue weighted by Crippen LogP contribution is -2.44. The lowest BCUT2D eigenvalue weighted by atomic mass is 9.98. The summed E-state index contributed by atoms with van der Waals surface area (Å²) in [7, 11) is 3.87. The fourth-order valence-electron chi connectivity index (χ4n) is 2.00. The van der Waals surface area contributed by atoms with Crippen molar-refractivity contribution >= 4 is 0 Å². The monoisotopic (exact) mass is 258 g/mol. The number of rotatable bonds is 10. The summed E-state index contributed by atoms with van der Waals surface area (Å²) in [5, 5.41) is 0. The molecule has 1 aliphatic rings. The summed E-state index contributed by atoms with van der Waals surface area (Å²) < 4.78 is 11.1. The Hall–Kier alpha value is -0.160. The Bertz CT molecular complexity index is 230. The zero-order chi connectivity index (χ0) is 13.6. The number of nitrogens with zero attached hydrogens (tertiary/aromatic N) is 1. The van der Waals surface area contributed by atoms with Crippen LogP contribution in [0.25, 0.3) is 0 Å². The molecule has 1 rings (SSSR count). The van der Waals surface area contributed by atoms with Gasteiger partial charge in [-0.3, -0.25) is 4.90 Å². The molecule has 0 heterocycles. The molecule has 0 aliphatic heterocycles. The first-order chi connectivity index (χ1) is 8.48. The molecule has 1 atom stereocenters. The highest BCUT2D eigenvalue weighted by molar-refractivity contribution is 4.80. The first-order valence-electron chi connectivity index (χ1n) is 7.01. The predicted molar refractivity (Wildman–Crippen MR) is 74.7 cm³/mol. The topological polar surface area (TPSA) is 47.7 Å². The molecule has 1 fully saturated rings. The second-order valence-electron chi connectivity index (χ2n) is 6.06. The van der Waals surface area contributed by atoms with Crippen molar-refractivity contribution < 1.29 is 9.47 Å². The minimum atomic E-state index is -0.118. The molecule has 1 aliphatic carbocycles. The second kappa shape index (κ2) is 7.43. The van der Waals surface area contributed by atoms with Crippen molar-refractivity contribution in [1.29, 1.82) is 0 Å². The Morgan fingerprint density at radius 3 is 2.56 bits per heavy atom. The Morgan fingerprint density at radius 1 is 1.39 bits per heavy atom. The van der Waals surface area contributed by atoms with Gasteiger partial charge in [-0.15, -0.1) is 0 Å². The van der Waals surface area contributed by atoms with Gasteiger partial charge in [-0.25, -0.2) is 0 Å². The van der Waals surface area contributed by atoms with E-state index in [0.29, 0.717) is 12.6 Å². The fourth-order valence-corrected chi connectivity index (χ4v) is 2.00. The number of methoxy groups -OCH3 is 1. The normalized spacial score (nSPS) is 18.3. The van der Waals surface area contributed by atoms with Gasteiger partial charge in [-0.05, 0) is 46.1 Å². The lowest BCUT2D eigenvalue weighted by Gasteiger charge is -2.33. The third-order valence-corrected chi connectivity index (χ3v) is 3.81. The number of hydrogen-bond donors (Lipinski definition) is 1. The molecule has 4 nitrogen and oxygen atoms in total. The Labute approximate surface area is 112 Å². The summed E-state index contributed by atoms with van der Waals surface area (Å²) in [4.78, 5) is 2.29. The lowest BCUT2D eigenvalue weighted by molar-refractivity contribution is -0.00799. The first kappa shape index (κ1) is 15.9. The molecule has 4 heteroatoms. The molecule has 1 saturated carbocycles. The molecule has 0 radical (unpaired) electrons. The van der Waals surface area contributed by atoms with Crippen molar-refractivity contribution in [2.45, 2.75) is 44.8 Å². The Morgan fingerprint density at radius 2 is 2.06 bits per heavy atom. The number of hydrogen-bond acceptors (Lipinski definition) is 4. The summed E-state index contributed by atoms with van der Waals surface area (Å²) >= 11 is 0. The molecule has 1 unspecified atom stereocenters. The number of nitrogens with two attached hydrogens (primary N) is 1. The molecular formula is C14H30N2O2. The second-order valence-corrected chi connectivity index (χ2v) is 6.06. The molecule has 2 N–H and O–H groups in total. The van der Waals surface area contributed by atoms with Crippen LogP contribution < -0.4 is 5.73 Å². The minimum Gasteiger partial charge on any atom is -0.380 e. The summed E-state index contributed by atoms with van der Waals surface area (Å²) in [6, 6.07) is 0.351. The van der Waals surface area contributed by atoms with Gasteiger partial charge in [0.15, 0.2) is 0 Å². The molecule has 108 valence electrons. The van der Waals surface area contributed by atoms with Gasteiger partial charge in [0.2, 0.25) is 0 Å². The van der Waals surface area contributed by atoms with Crippen molar-refractivity contribution in [3.63, 3.8) is 0 Å². The van der Waals surface area contributed by atoms with E-state index in [1.54, 1.807) is 7.11 Å². The van der Waals surface area contributed by atoms with E-state index >= 15 is 0 Å². The summed E-state index contributed by atoms with van der Waals surface area (Å²) in [5.41, 5.74) is 5.74. The van der Waals surface area contributed by atoms with Crippen molar-refractivity contribution in [2.75, 3.05) is 40.5 Å². The van der Waals surface area contributed by atoms with E-state index in [2.05, 4.69) is 25.8 Å². The van der Waals surface area contributed by atoms with Crippen molar-refractivity contribution in [1.82, 2.24) is 4.90 Å². The standard InChI is InChI=1S/C14H30N2O2/c1-14(2,17-4)9-13(10-15)16(3)7-8-18-11-12-5-6-12/h12-13H,5-11,15H2,1-4H3. The highest BCUT2D eigenvalue weighted by atomic mass is 16.5. The average Bonchev–Trinajstić information content (AvgIpc) is 3.15. The van der Waals surface area contributed by atoms with Crippen molar-refractivity contribution in [3.8, 4) is 0 Å². The van der Waals surface area contributed by atoms with Crippen LogP contribution in [0.2, 0.25) is 0 Å². The van der Waals surface area contributed by atoms with Gasteiger partial charge in [-0.2, -0.15) is 0 Å². The van der Waals surface area contributed by atoms with E-state index in [1.165, 1.54) is 12.8 Å². The van der Waals surface area contributed by atoms with E-state index in [4.69, 9.17) is 15.2 Å². The van der Waals surface area contributed by atoms with Gasteiger partial charge in [0.1, 0.15) is 0 Å². The van der Waals surface area contributed by atoms with Gasteiger partial charge in [0, 0.05) is 32.8 Å². The summed E-state index contributed by atoms with van der Waals surface area (Å²) in [5.74, 6) is 0.841. The number of ether oxygens (including phenoxy) is 2. The molecule has 0 aromatic heterocycles. The van der Waals surface area contributed by atoms with Crippen LogP contribution in [-0.2, 0) is 9.47 Å². The molecule has 0 bridgehead atoms. The average molecular weight is 258 g/mol. The third kappa shape index (κ3) is 6.14. The molecule has 18 heavy (non-hydrogen) atoms. The Kier molecular flexibility index (Phi) is 6.57. The smallest absolute Gasteiger partial charge is 0.0638 e. The van der Waals surface area contributed by atoms with E-state index in [9.17, 15) is 0 Å². The highest BCUT2D eigenvalue weighted by Crippen LogP contribution is 2.28. The summed E-state index contributed by atoms with van der Waals surface area (Å²) in [6.45, 7) is 7.54. The molecule has 0 saturated heterocycles. The molecular weight excluding hydrogens is 228 g/mol. The minimum absolute atomic E-state index is 0.118. The molecule has 0 amide bonds. The van der Waals surface area contributed by atoms with Gasteiger partial charge in [0.05, 0.1) is 12.2 Å². The quantitative estimate of drug-likeness (QED) is 0.603. The third-order valence-electron chi connectivity index (χ3n) is 3.81. The van der Waals surface area contributed by atoms with Gasteiger partial charge in [0.25, 0.3) is 0 Å². The van der Waals surface area contributed by atoms with E-state index in [0.717, 1.165) is 32.1 Å². The highest BCUT2D eigenvalue weighted by Gasteiger charge is 2.25. The van der Waals surface area contributed by atoms with Crippen LogP contribution in [0.4, 0.5) is 0 Å². The van der Waals surface area contributed by atoms with E-state index in [-0.39, 0.29) is 5.60 Å². The van der Waals surface area contributed by atoms with E-state index < -0.39 is 0 Å². The van der Waals surface area contributed by atoms with Crippen LogP contribution in [0.15, 0.2) is 0 Å². The van der Waals surface area contributed by atoms with Crippen molar-refractivity contribution in [3.05, 3.63) is 0 Å². The van der Waals surface area contributed by atoms with Gasteiger partial charge >= 0.3 is 0 Å². The van der Waals surface area contributed by atoms with Crippen LogP contribution in [0.3, 0.4) is 0 Å². The molecule has 0 spiro atoms. The SMILES string of the molecule is COC(C)(C)CC(CN)N(C)CCOCC1CC1. The van der Waals surface area contributed by atoms with Crippen LogP contribution in [0.1, 0.15) is 33.1 Å². The van der Waals surface area contributed by atoms with Crippen LogP contribution in [0, 0.1) is 5.92 Å². The molecule has 0 aromatic rings. The first-order valence-corrected chi connectivity index (χ1v) is 7.01. The Balaban J connectivity index is 2.20. The van der Waals surface area contributed by atoms with E-state index in [1.807, 2.05) is 0 Å². The number of likely N-dealkylation sites (N-methyl/N-ethyl adjacent to an activating group) is 1. The predicted octanol–water partition coefficient (Wildman–Crippen LogP) is 1.49. The van der Waals surface area contributed by atoms with Crippen LogP contribution in [0.5, 0.6) is 0 Å². The maximum Gasteiger partial charge on any atom is 0.0638 e. The maximum absolute atomic E-state index is 5.86. The fraction of sp³-hybridized carbons (Fsp3) is 1.00. The largest absolute Gasteiger partial charge is 0.380 e. The van der Waals surface area contributed by atoms with Gasteiger partial charge < -0.3 is 15.2 Å². The van der Waals surface area contributed by atoms with Crippen LogP contribution >= 0.6 is 0 Å². The van der Waals surface area contributed by atoms with Crippen molar-refractivity contribution in [2.24, 2.45) is 11.7 Å². The molecule has 0 aromatic carbocycles.